The molecule has 0 radical (unpaired) electrons. The van der Waals surface area contributed by atoms with Crippen LogP contribution in [0, 0.1) is 11.3 Å². The topological polar surface area (TPSA) is 53.2 Å². The van der Waals surface area contributed by atoms with Crippen LogP contribution in [0.2, 0.25) is 0 Å². The van der Waals surface area contributed by atoms with Crippen LogP contribution in [0.5, 0.6) is 11.5 Å². The predicted octanol–water partition coefficient (Wildman–Crippen LogP) is 2.44. The van der Waals surface area contributed by atoms with Crippen LogP contribution in [0.15, 0.2) is 18.2 Å². The summed E-state index contributed by atoms with van der Waals surface area (Å²) in [6, 6.07) is 6.59. The number of phenolic OH excluding ortho intramolecular Hbond substituents is 1. The van der Waals surface area contributed by atoms with E-state index in [0.717, 1.165) is 12.8 Å². The van der Waals surface area contributed by atoms with E-state index in [2.05, 4.69) is 6.92 Å². The lowest BCUT2D eigenvalue weighted by molar-refractivity contribution is 0.307. The molecule has 0 fully saturated rings. The summed E-state index contributed by atoms with van der Waals surface area (Å²) in [5.74, 6) is 0.580. The van der Waals surface area contributed by atoms with Crippen LogP contribution in [0.25, 0.3) is 0 Å². The maximum Gasteiger partial charge on any atom is 0.137 e. The van der Waals surface area contributed by atoms with Crippen molar-refractivity contribution in [1.82, 2.24) is 0 Å². The van der Waals surface area contributed by atoms with Gasteiger partial charge in [-0.25, -0.2) is 0 Å². The Morgan fingerprint density at radius 3 is 2.86 bits per heavy atom. The molecule has 3 nitrogen and oxygen atoms in total. The van der Waals surface area contributed by atoms with Crippen LogP contribution in [-0.2, 0) is 0 Å². The van der Waals surface area contributed by atoms with Gasteiger partial charge in [0.2, 0.25) is 0 Å². The minimum Gasteiger partial charge on any atom is -0.506 e. The quantitative estimate of drug-likeness (QED) is 0.743. The fourth-order valence-corrected chi connectivity index (χ4v) is 1.03. The zero-order valence-electron chi connectivity index (χ0n) is 8.16. The van der Waals surface area contributed by atoms with Gasteiger partial charge in [-0.05, 0) is 18.6 Å². The van der Waals surface area contributed by atoms with E-state index in [9.17, 15) is 5.11 Å². The lowest BCUT2D eigenvalue weighted by Crippen LogP contribution is -1.96. The Balaban J connectivity index is 2.63. The van der Waals surface area contributed by atoms with Gasteiger partial charge >= 0.3 is 0 Å². The first-order chi connectivity index (χ1) is 6.77. The summed E-state index contributed by atoms with van der Waals surface area (Å²) in [6.07, 6.45) is 2.06. The van der Waals surface area contributed by atoms with Gasteiger partial charge in [-0.3, -0.25) is 0 Å². The molecule has 14 heavy (non-hydrogen) atoms. The zero-order valence-corrected chi connectivity index (χ0v) is 8.16. The summed E-state index contributed by atoms with van der Waals surface area (Å²) in [5.41, 5.74) is 0.271. The van der Waals surface area contributed by atoms with Crippen molar-refractivity contribution in [2.45, 2.75) is 19.8 Å². The summed E-state index contributed by atoms with van der Waals surface area (Å²) >= 11 is 0. The number of nitriles is 1. The van der Waals surface area contributed by atoms with Crippen molar-refractivity contribution >= 4 is 0 Å². The lowest BCUT2D eigenvalue weighted by Gasteiger charge is -2.05. The number of nitrogens with zero attached hydrogens (tertiary/aromatic N) is 1. The van der Waals surface area contributed by atoms with Crippen molar-refractivity contribution in [3.63, 3.8) is 0 Å². The summed E-state index contributed by atoms with van der Waals surface area (Å²) in [6.45, 7) is 2.72. The average molecular weight is 191 g/mol. The van der Waals surface area contributed by atoms with Gasteiger partial charge in [-0.2, -0.15) is 5.26 Å². The van der Waals surface area contributed by atoms with Gasteiger partial charge in [-0.1, -0.05) is 13.3 Å². The van der Waals surface area contributed by atoms with Crippen molar-refractivity contribution in [2.75, 3.05) is 6.61 Å². The molecule has 0 aliphatic carbocycles. The van der Waals surface area contributed by atoms with Crippen molar-refractivity contribution in [3.8, 4) is 17.6 Å². The Hall–Kier alpha value is -1.69. The minimum atomic E-state index is -0.0264. The fraction of sp³-hybridized carbons (Fsp3) is 0.364. The van der Waals surface area contributed by atoms with E-state index in [1.165, 1.54) is 6.07 Å². The number of ether oxygens (including phenoxy) is 1. The number of hydrogen-bond acceptors (Lipinski definition) is 3. The first kappa shape index (κ1) is 10.4. The van der Waals surface area contributed by atoms with Gasteiger partial charge in [0.15, 0.2) is 0 Å². The highest BCUT2D eigenvalue weighted by Crippen LogP contribution is 2.22. The first-order valence-electron chi connectivity index (χ1n) is 4.64. The summed E-state index contributed by atoms with van der Waals surface area (Å²) < 4.78 is 5.36. The van der Waals surface area contributed by atoms with Gasteiger partial charge in [0.1, 0.15) is 17.6 Å². The van der Waals surface area contributed by atoms with Gasteiger partial charge in [0.05, 0.1) is 12.2 Å². The largest absolute Gasteiger partial charge is 0.506 e. The highest BCUT2D eigenvalue weighted by atomic mass is 16.5. The first-order valence-corrected chi connectivity index (χ1v) is 4.64. The number of hydrogen-bond donors (Lipinski definition) is 1. The predicted molar refractivity (Wildman–Crippen MR) is 53.2 cm³/mol. The maximum atomic E-state index is 9.35. The third-order valence-corrected chi connectivity index (χ3v) is 1.86. The second-order valence-corrected chi connectivity index (χ2v) is 2.99. The molecule has 0 aliphatic heterocycles. The molecule has 0 saturated heterocycles. The molecule has 1 N–H and O–H groups in total. The smallest absolute Gasteiger partial charge is 0.137 e. The maximum absolute atomic E-state index is 9.35. The summed E-state index contributed by atoms with van der Waals surface area (Å²) in [7, 11) is 0. The molecule has 0 unspecified atom stereocenters. The van der Waals surface area contributed by atoms with Gasteiger partial charge in [-0.15, -0.1) is 0 Å². The Bertz CT molecular complexity index is 342. The van der Waals surface area contributed by atoms with E-state index >= 15 is 0 Å². The van der Waals surface area contributed by atoms with Gasteiger partial charge in [0, 0.05) is 6.07 Å². The molecule has 1 aromatic carbocycles. The van der Waals surface area contributed by atoms with Crippen molar-refractivity contribution < 1.29 is 9.84 Å². The van der Waals surface area contributed by atoms with Crippen molar-refractivity contribution in [1.29, 1.82) is 5.26 Å². The van der Waals surface area contributed by atoms with Crippen LogP contribution in [0.3, 0.4) is 0 Å². The molecule has 0 amide bonds. The van der Waals surface area contributed by atoms with E-state index in [1.54, 1.807) is 12.1 Å². The van der Waals surface area contributed by atoms with Crippen LogP contribution in [-0.4, -0.2) is 11.7 Å². The van der Waals surface area contributed by atoms with E-state index < -0.39 is 0 Å². The second-order valence-electron chi connectivity index (χ2n) is 2.99. The minimum absolute atomic E-state index is 0.0264. The molecule has 0 heterocycles. The third-order valence-electron chi connectivity index (χ3n) is 1.86. The SMILES string of the molecule is CCCCOc1ccc(C#N)c(O)c1. The molecule has 0 bridgehead atoms. The van der Waals surface area contributed by atoms with E-state index in [4.69, 9.17) is 10.00 Å². The number of benzene rings is 1. The Kier molecular flexibility index (Phi) is 3.81. The van der Waals surface area contributed by atoms with Gasteiger partial charge < -0.3 is 9.84 Å². The normalized spacial score (nSPS) is 9.43. The second kappa shape index (κ2) is 5.13. The number of aromatic hydroxyl groups is 1. The number of unbranched alkanes of at least 4 members (excludes halogenated alkanes) is 1. The average Bonchev–Trinajstić information content (AvgIpc) is 2.18. The Labute approximate surface area is 83.6 Å². The molecule has 0 aliphatic rings. The monoisotopic (exact) mass is 191 g/mol. The summed E-state index contributed by atoms with van der Waals surface area (Å²) in [5, 5.41) is 17.9. The molecular formula is C11H13NO2. The van der Waals surface area contributed by atoms with E-state index in [0.29, 0.717) is 12.4 Å². The number of phenols is 1. The zero-order chi connectivity index (χ0) is 10.4. The number of rotatable bonds is 4. The lowest BCUT2D eigenvalue weighted by atomic mass is 10.2. The van der Waals surface area contributed by atoms with Crippen LogP contribution >= 0.6 is 0 Å². The molecule has 0 aromatic heterocycles. The molecule has 0 atom stereocenters. The van der Waals surface area contributed by atoms with Crippen LogP contribution in [0.4, 0.5) is 0 Å². The van der Waals surface area contributed by atoms with E-state index in [-0.39, 0.29) is 11.3 Å². The Morgan fingerprint density at radius 1 is 1.50 bits per heavy atom. The van der Waals surface area contributed by atoms with Gasteiger partial charge in [0.25, 0.3) is 0 Å². The van der Waals surface area contributed by atoms with E-state index in [1.807, 2.05) is 6.07 Å². The van der Waals surface area contributed by atoms with Crippen LogP contribution in [0.1, 0.15) is 25.3 Å². The van der Waals surface area contributed by atoms with Crippen molar-refractivity contribution in [2.24, 2.45) is 0 Å². The van der Waals surface area contributed by atoms with Crippen molar-refractivity contribution in [3.05, 3.63) is 23.8 Å². The standard InChI is InChI=1S/C11H13NO2/c1-2-3-6-14-10-5-4-9(8-12)11(13)7-10/h4-5,7,13H,2-3,6H2,1H3. The molecule has 1 rings (SSSR count). The highest BCUT2D eigenvalue weighted by molar-refractivity contribution is 5.46. The Morgan fingerprint density at radius 2 is 2.29 bits per heavy atom. The fourth-order valence-electron chi connectivity index (χ4n) is 1.03. The van der Waals surface area contributed by atoms with Crippen LogP contribution < -0.4 is 4.74 Å². The summed E-state index contributed by atoms with van der Waals surface area (Å²) in [4.78, 5) is 0. The highest BCUT2D eigenvalue weighted by Gasteiger charge is 2.01. The molecule has 0 saturated carbocycles. The molecule has 74 valence electrons. The molecule has 0 spiro atoms. The molecular weight excluding hydrogens is 178 g/mol. The third kappa shape index (κ3) is 2.67. The molecule has 1 aromatic rings. The molecule has 3 heteroatoms.